The molecule has 2 aliphatic rings. The van der Waals surface area contributed by atoms with Gasteiger partial charge in [0.1, 0.15) is 0 Å². The molecule has 1 aliphatic heterocycles. The SMILES string of the molecule is CN1Cc2ccccc2[C@@H](C2=Cc3ccccc3C2)C1. The molecule has 0 fully saturated rings. The molecule has 1 heteroatoms. The molecule has 0 bridgehead atoms. The third kappa shape index (κ3) is 1.90. The second kappa shape index (κ2) is 4.60. The van der Waals surface area contributed by atoms with Crippen LogP contribution in [-0.4, -0.2) is 18.5 Å². The van der Waals surface area contributed by atoms with Crippen molar-refractivity contribution in [2.75, 3.05) is 13.6 Å². The highest BCUT2D eigenvalue weighted by molar-refractivity contribution is 5.66. The van der Waals surface area contributed by atoms with Gasteiger partial charge in [-0.2, -0.15) is 0 Å². The van der Waals surface area contributed by atoms with Crippen molar-refractivity contribution in [2.24, 2.45) is 0 Å². The summed E-state index contributed by atoms with van der Waals surface area (Å²) in [4.78, 5) is 2.44. The molecule has 0 amide bonds. The fourth-order valence-electron chi connectivity index (χ4n) is 3.63. The Hall–Kier alpha value is -1.86. The zero-order valence-corrected chi connectivity index (χ0v) is 11.8. The molecule has 0 N–H and O–H groups in total. The zero-order valence-electron chi connectivity index (χ0n) is 11.8. The lowest BCUT2D eigenvalue weighted by atomic mass is 9.84. The largest absolute Gasteiger partial charge is 0.301 e. The molecule has 2 aromatic carbocycles. The Bertz CT molecular complexity index is 684. The third-order valence-electron chi connectivity index (χ3n) is 4.60. The number of fused-ring (bicyclic) bond motifs is 2. The van der Waals surface area contributed by atoms with Gasteiger partial charge in [0.05, 0.1) is 0 Å². The third-order valence-corrected chi connectivity index (χ3v) is 4.60. The number of benzene rings is 2. The fraction of sp³-hybridized carbons (Fsp3) is 0.263. The van der Waals surface area contributed by atoms with Crippen molar-refractivity contribution in [3.05, 3.63) is 76.4 Å². The Balaban J connectivity index is 1.74. The van der Waals surface area contributed by atoms with E-state index >= 15 is 0 Å². The molecule has 0 saturated heterocycles. The molecule has 1 atom stereocenters. The van der Waals surface area contributed by atoms with Crippen molar-refractivity contribution in [2.45, 2.75) is 18.9 Å². The van der Waals surface area contributed by atoms with E-state index in [-0.39, 0.29) is 0 Å². The van der Waals surface area contributed by atoms with Crippen LogP contribution in [0.3, 0.4) is 0 Å². The van der Waals surface area contributed by atoms with Crippen molar-refractivity contribution in [1.29, 1.82) is 0 Å². The normalized spacial score (nSPS) is 21.2. The highest BCUT2D eigenvalue weighted by atomic mass is 15.1. The molecule has 1 heterocycles. The molecule has 1 aliphatic carbocycles. The number of nitrogens with zero attached hydrogens (tertiary/aromatic N) is 1. The average Bonchev–Trinajstić information content (AvgIpc) is 2.90. The maximum Gasteiger partial charge on any atom is 0.0234 e. The lowest BCUT2D eigenvalue weighted by Crippen LogP contribution is -2.31. The molecule has 2 aromatic rings. The molecule has 0 unspecified atom stereocenters. The van der Waals surface area contributed by atoms with E-state index < -0.39 is 0 Å². The van der Waals surface area contributed by atoms with Gasteiger partial charge in [-0.05, 0) is 35.7 Å². The van der Waals surface area contributed by atoms with Gasteiger partial charge in [0.25, 0.3) is 0 Å². The average molecular weight is 261 g/mol. The quantitative estimate of drug-likeness (QED) is 0.753. The fourth-order valence-corrected chi connectivity index (χ4v) is 3.63. The van der Waals surface area contributed by atoms with Crippen LogP contribution in [0.1, 0.15) is 28.2 Å². The van der Waals surface area contributed by atoms with E-state index in [9.17, 15) is 0 Å². The summed E-state index contributed by atoms with van der Waals surface area (Å²) in [6, 6.07) is 17.7. The molecular weight excluding hydrogens is 242 g/mol. The monoisotopic (exact) mass is 261 g/mol. The second-order valence-corrected chi connectivity index (χ2v) is 6.04. The Morgan fingerprint density at radius 3 is 2.55 bits per heavy atom. The van der Waals surface area contributed by atoms with Crippen LogP contribution < -0.4 is 0 Å². The Morgan fingerprint density at radius 2 is 1.70 bits per heavy atom. The van der Waals surface area contributed by atoms with E-state index in [1.807, 2.05) is 0 Å². The van der Waals surface area contributed by atoms with Gasteiger partial charge >= 0.3 is 0 Å². The summed E-state index contributed by atoms with van der Waals surface area (Å²) in [5.74, 6) is 0.553. The van der Waals surface area contributed by atoms with Gasteiger partial charge in [0.2, 0.25) is 0 Å². The van der Waals surface area contributed by atoms with Crippen molar-refractivity contribution in [3.63, 3.8) is 0 Å². The van der Waals surface area contributed by atoms with Crippen LogP contribution in [0.25, 0.3) is 6.08 Å². The summed E-state index contributed by atoms with van der Waals surface area (Å²) in [7, 11) is 2.23. The molecule has 20 heavy (non-hydrogen) atoms. The van der Waals surface area contributed by atoms with E-state index in [0.717, 1.165) is 19.5 Å². The summed E-state index contributed by atoms with van der Waals surface area (Å²) in [6.45, 7) is 2.21. The highest BCUT2D eigenvalue weighted by Crippen LogP contribution is 2.38. The Kier molecular flexibility index (Phi) is 2.75. The summed E-state index contributed by atoms with van der Waals surface area (Å²) in [5, 5.41) is 0. The molecule has 0 saturated carbocycles. The van der Waals surface area contributed by atoms with Gasteiger partial charge < -0.3 is 4.90 Å². The van der Waals surface area contributed by atoms with Crippen LogP contribution in [0.15, 0.2) is 54.1 Å². The standard InChI is InChI=1S/C19H19N/c1-20-12-16-8-4-5-9-18(16)19(13-20)17-10-14-6-2-3-7-15(14)11-17/h2-10,19H,11-13H2,1H3/t19-/m1/s1. The highest BCUT2D eigenvalue weighted by Gasteiger charge is 2.28. The summed E-state index contributed by atoms with van der Waals surface area (Å²) >= 11 is 0. The van der Waals surface area contributed by atoms with E-state index in [4.69, 9.17) is 0 Å². The second-order valence-electron chi connectivity index (χ2n) is 6.04. The van der Waals surface area contributed by atoms with Gasteiger partial charge in [-0.25, -0.2) is 0 Å². The first-order valence-corrected chi connectivity index (χ1v) is 7.36. The van der Waals surface area contributed by atoms with Gasteiger partial charge in [-0.15, -0.1) is 0 Å². The lowest BCUT2D eigenvalue weighted by molar-refractivity contribution is 0.293. The molecule has 0 aromatic heterocycles. The molecule has 0 spiro atoms. The minimum atomic E-state index is 0.553. The number of hydrogen-bond acceptors (Lipinski definition) is 1. The van der Waals surface area contributed by atoms with Crippen molar-refractivity contribution in [1.82, 2.24) is 4.90 Å². The predicted octanol–water partition coefficient (Wildman–Crippen LogP) is 3.86. The van der Waals surface area contributed by atoms with Gasteiger partial charge in [0.15, 0.2) is 0 Å². The maximum atomic E-state index is 2.44. The lowest BCUT2D eigenvalue weighted by Gasteiger charge is -2.33. The topological polar surface area (TPSA) is 3.24 Å². The summed E-state index contributed by atoms with van der Waals surface area (Å²) in [5.41, 5.74) is 7.49. The van der Waals surface area contributed by atoms with Crippen molar-refractivity contribution < 1.29 is 0 Å². The predicted molar refractivity (Wildman–Crippen MR) is 83.6 cm³/mol. The van der Waals surface area contributed by atoms with Crippen LogP contribution >= 0.6 is 0 Å². The van der Waals surface area contributed by atoms with E-state index in [1.54, 1.807) is 5.57 Å². The zero-order chi connectivity index (χ0) is 13.5. The van der Waals surface area contributed by atoms with E-state index in [0.29, 0.717) is 5.92 Å². The molecular formula is C19H19N. The van der Waals surface area contributed by atoms with Crippen LogP contribution in [0.5, 0.6) is 0 Å². The Morgan fingerprint density at radius 1 is 0.950 bits per heavy atom. The van der Waals surface area contributed by atoms with Crippen LogP contribution in [0.4, 0.5) is 0 Å². The summed E-state index contributed by atoms with van der Waals surface area (Å²) < 4.78 is 0. The minimum absolute atomic E-state index is 0.553. The summed E-state index contributed by atoms with van der Waals surface area (Å²) in [6.07, 6.45) is 3.53. The van der Waals surface area contributed by atoms with Crippen LogP contribution in [0.2, 0.25) is 0 Å². The van der Waals surface area contributed by atoms with Crippen molar-refractivity contribution >= 4 is 6.08 Å². The molecule has 100 valence electrons. The smallest absolute Gasteiger partial charge is 0.0234 e. The van der Waals surface area contributed by atoms with Crippen LogP contribution in [0, 0.1) is 0 Å². The van der Waals surface area contributed by atoms with Gasteiger partial charge in [-0.1, -0.05) is 60.2 Å². The van der Waals surface area contributed by atoms with Gasteiger partial charge in [0, 0.05) is 19.0 Å². The molecule has 1 nitrogen and oxygen atoms in total. The van der Waals surface area contributed by atoms with E-state index in [1.165, 1.54) is 22.3 Å². The van der Waals surface area contributed by atoms with Crippen molar-refractivity contribution in [3.8, 4) is 0 Å². The van der Waals surface area contributed by atoms with E-state index in [2.05, 4.69) is 66.6 Å². The maximum absolute atomic E-state index is 2.44. The van der Waals surface area contributed by atoms with Gasteiger partial charge in [-0.3, -0.25) is 0 Å². The first-order chi connectivity index (χ1) is 9.81. The first-order valence-electron chi connectivity index (χ1n) is 7.36. The first kappa shape index (κ1) is 11.9. The number of likely N-dealkylation sites (N-methyl/N-ethyl adjacent to an activating group) is 1. The molecule has 4 rings (SSSR count). The minimum Gasteiger partial charge on any atom is -0.301 e. The number of rotatable bonds is 1. The molecule has 0 radical (unpaired) electrons. The van der Waals surface area contributed by atoms with Crippen LogP contribution in [-0.2, 0) is 13.0 Å². The Labute approximate surface area is 120 Å². The number of hydrogen-bond donors (Lipinski definition) is 0.